The van der Waals surface area contributed by atoms with Crippen LogP contribution in [-0.2, 0) is 5.41 Å². The summed E-state index contributed by atoms with van der Waals surface area (Å²) in [5.41, 5.74) is 2.21. The molecular weight excluding hydrogens is 294 g/mol. The average Bonchev–Trinajstić information content (AvgIpc) is 2.61. The predicted molar refractivity (Wildman–Crippen MR) is 98.3 cm³/mol. The molecule has 0 spiro atoms. The van der Waals surface area contributed by atoms with Crippen LogP contribution in [0.1, 0.15) is 35.2 Å². The SMILES string of the molecule is O=C(NCC1(c2ccccc2)CCC1)c1cccc2ccccc12. The molecular formula is C22H21NO. The highest BCUT2D eigenvalue weighted by atomic mass is 16.1. The van der Waals surface area contributed by atoms with Crippen molar-refractivity contribution in [3.63, 3.8) is 0 Å². The van der Waals surface area contributed by atoms with Gasteiger partial charge in [0, 0.05) is 17.5 Å². The Bertz CT molecular complexity index is 860. The lowest BCUT2D eigenvalue weighted by molar-refractivity contribution is 0.0929. The Balaban J connectivity index is 1.56. The van der Waals surface area contributed by atoms with Crippen LogP contribution in [0.4, 0.5) is 0 Å². The molecule has 1 N–H and O–H groups in total. The van der Waals surface area contributed by atoms with Crippen LogP contribution >= 0.6 is 0 Å². The van der Waals surface area contributed by atoms with E-state index in [4.69, 9.17) is 0 Å². The second-order valence-electron chi connectivity index (χ2n) is 6.71. The van der Waals surface area contributed by atoms with E-state index in [1.165, 1.54) is 12.0 Å². The number of hydrogen-bond donors (Lipinski definition) is 1. The van der Waals surface area contributed by atoms with Gasteiger partial charge in [0.15, 0.2) is 0 Å². The molecule has 1 fully saturated rings. The minimum atomic E-state index is 0.0222. The molecule has 0 aliphatic heterocycles. The molecule has 2 nitrogen and oxygen atoms in total. The van der Waals surface area contributed by atoms with Gasteiger partial charge in [0.25, 0.3) is 5.91 Å². The van der Waals surface area contributed by atoms with E-state index in [0.717, 1.165) is 29.2 Å². The molecule has 3 aromatic rings. The molecule has 0 heterocycles. The standard InChI is InChI=1S/C22H21NO/c24-21(20-13-6-9-17-8-4-5-12-19(17)20)23-16-22(14-7-15-22)18-10-2-1-3-11-18/h1-6,8-13H,7,14-16H2,(H,23,24). The summed E-state index contributed by atoms with van der Waals surface area (Å²) < 4.78 is 0. The number of rotatable bonds is 4. The Hall–Kier alpha value is -2.61. The lowest BCUT2D eigenvalue weighted by atomic mass is 9.64. The van der Waals surface area contributed by atoms with Gasteiger partial charge < -0.3 is 5.32 Å². The van der Waals surface area contributed by atoms with E-state index in [-0.39, 0.29) is 11.3 Å². The number of fused-ring (bicyclic) bond motifs is 1. The van der Waals surface area contributed by atoms with Gasteiger partial charge in [0.05, 0.1) is 0 Å². The van der Waals surface area contributed by atoms with Crippen LogP contribution in [0, 0.1) is 0 Å². The molecule has 0 bridgehead atoms. The summed E-state index contributed by atoms with van der Waals surface area (Å²) >= 11 is 0. The van der Waals surface area contributed by atoms with Crippen LogP contribution in [0.15, 0.2) is 72.8 Å². The van der Waals surface area contributed by atoms with Crippen molar-refractivity contribution >= 4 is 16.7 Å². The second kappa shape index (κ2) is 6.12. The predicted octanol–water partition coefficient (Wildman–Crippen LogP) is 4.69. The summed E-state index contributed by atoms with van der Waals surface area (Å²) in [4.78, 5) is 12.8. The van der Waals surface area contributed by atoms with E-state index in [0.29, 0.717) is 6.54 Å². The van der Waals surface area contributed by atoms with Gasteiger partial charge in [-0.1, -0.05) is 73.2 Å². The van der Waals surface area contributed by atoms with E-state index in [1.807, 2.05) is 48.5 Å². The fourth-order valence-electron chi connectivity index (χ4n) is 3.73. The first kappa shape index (κ1) is 14.9. The van der Waals surface area contributed by atoms with Crippen LogP contribution in [0.2, 0.25) is 0 Å². The maximum Gasteiger partial charge on any atom is 0.251 e. The Morgan fingerprint density at radius 3 is 2.33 bits per heavy atom. The highest BCUT2D eigenvalue weighted by Crippen LogP contribution is 2.43. The molecule has 0 unspecified atom stereocenters. The fraction of sp³-hybridized carbons (Fsp3) is 0.227. The summed E-state index contributed by atoms with van der Waals surface area (Å²) in [5, 5.41) is 5.31. The number of benzene rings is 3. The molecule has 4 rings (SSSR count). The molecule has 1 saturated carbocycles. The van der Waals surface area contributed by atoms with E-state index in [9.17, 15) is 4.79 Å². The van der Waals surface area contributed by atoms with Crippen molar-refractivity contribution in [3.05, 3.63) is 83.9 Å². The number of nitrogens with one attached hydrogen (secondary N) is 1. The van der Waals surface area contributed by atoms with Crippen LogP contribution in [-0.4, -0.2) is 12.5 Å². The molecule has 1 amide bonds. The van der Waals surface area contributed by atoms with Gasteiger partial charge in [0.1, 0.15) is 0 Å². The molecule has 1 aliphatic rings. The number of carbonyl (C=O) groups is 1. The van der Waals surface area contributed by atoms with Crippen molar-refractivity contribution in [2.75, 3.05) is 6.54 Å². The van der Waals surface area contributed by atoms with Crippen LogP contribution in [0.25, 0.3) is 10.8 Å². The Morgan fingerprint density at radius 2 is 1.58 bits per heavy atom. The van der Waals surface area contributed by atoms with Gasteiger partial charge in [0.2, 0.25) is 0 Å². The van der Waals surface area contributed by atoms with Crippen LogP contribution < -0.4 is 5.32 Å². The molecule has 0 radical (unpaired) electrons. The maximum atomic E-state index is 12.8. The molecule has 3 aromatic carbocycles. The Morgan fingerprint density at radius 1 is 0.875 bits per heavy atom. The van der Waals surface area contributed by atoms with Crippen molar-refractivity contribution in [2.24, 2.45) is 0 Å². The van der Waals surface area contributed by atoms with Gasteiger partial charge in [-0.15, -0.1) is 0 Å². The fourth-order valence-corrected chi connectivity index (χ4v) is 3.73. The number of amides is 1. The molecule has 0 aromatic heterocycles. The number of hydrogen-bond acceptors (Lipinski definition) is 1. The first-order valence-corrected chi connectivity index (χ1v) is 8.60. The summed E-state index contributed by atoms with van der Waals surface area (Å²) in [6, 6.07) is 24.5. The lowest BCUT2D eigenvalue weighted by Gasteiger charge is -2.42. The minimum Gasteiger partial charge on any atom is -0.351 e. The smallest absolute Gasteiger partial charge is 0.251 e. The van der Waals surface area contributed by atoms with Gasteiger partial charge >= 0.3 is 0 Å². The van der Waals surface area contributed by atoms with E-state index < -0.39 is 0 Å². The van der Waals surface area contributed by atoms with Gasteiger partial charge in [-0.2, -0.15) is 0 Å². The van der Waals surface area contributed by atoms with Crippen molar-refractivity contribution < 1.29 is 4.79 Å². The Kier molecular flexibility index (Phi) is 3.81. The maximum absolute atomic E-state index is 12.8. The van der Waals surface area contributed by atoms with Crippen molar-refractivity contribution in [2.45, 2.75) is 24.7 Å². The zero-order valence-corrected chi connectivity index (χ0v) is 13.7. The average molecular weight is 315 g/mol. The third-order valence-corrected chi connectivity index (χ3v) is 5.32. The van der Waals surface area contributed by atoms with E-state index in [1.54, 1.807) is 0 Å². The van der Waals surface area contributed by atoms with Crippen molar-refractivity contribution in [1.29, 1.82) is 0 Å². The first-order chi connectivity index (χ1) is 11.8. The second-order valence-corrected chi connectivity index (χ2v) is 6.71. The van der Waals surface area contributed by atoms with Crippen molar-refractivity contribution in [3.8, 4) is 0 Å². The zero-order valence-electron chi connectivity index (χ0n) is 13.7. The van der Waals surface area contributed by atoms with Crippen molar-refractivity contribution in [1.82, 2.24) is 5.32 Å². The van der Waals surface area contributed by atoms with Gasteiger partial charge in [-0.3, -0.25) is 4.79 Å². The Labute approximate surface area is 142 Å². The van der Waals surface area contributed by atoms with E-state index in [2.05, 4.69) is 29.6 Å². The molecule has 0 atom stereocenters. The summed E-state index contributed by atoms with van der Waals surface area (Å²) in [5.74, 6) is 0.0222. The molecule has 1 aliphatic carbocycles. The third kappa shape index (κ3) is 2.58. The van der Waals surface area contributed by atoms with Gasteiger partial charge in [-0.25, -0.2) is 0 Å². The minimum absolute atomic E-state index is 0.0222. The van der Waals surface area contributed by atoms with Crippen LogP contribution in [0.5, 0.6) is 0 Å². The monoisotopic (exact) mass is 315 g/mol. The zero-order chi connectivity index (χ0) is 16.4. The normalized spacial score (nSPS) is 15.7. The molecule has 24 heavy (non-hydrogen) atoms. The van der Waals surface area contributed by atoms with Gasteiger partial charge in [-0.05, 0) is 35.2 Å². The highest BCUT2D eigenvalue weighted by Gasteiger charge is 2.38. The van der Waals surface area contributed by atoms with E-state index >= 15 is 0 Å². The molecule has 2 heteroatoms. The topological polar surface area (TPSA) is 29.1 Å². The summed E-state index contributed by atoms with van der Waals surface area (Å²) in [6.45, 7) is 0.707. The molecule has 120 valence electrons. The lowest BCUT2D eigenvalue weighted by Crippen LogP contribution is -2.45. The summed E-state index contributed by atoms with van der Waals surface area (Å²) in [6.07, 6.45) is 3.53. The first-order valence-electron chi connectivity index (χ1n) is 8.60. The number of carbonyl (C=O) groups excluding carboxylic acids is 1. The third-order valence-electron chi connectivity index (χ3n) is 5.32. The van der Waals surface area contributed by atoms with Crippen LogP contribution in [0.3, 0.4) is 0 Å². The quantitative estimate of drug-likeness (QED) is 0.743. The summed E-state index contributed by atoms with van der Waals surface area (Å²) in [7, 11) is 0. The largest absolute Gasteiger partial charge is 0.351 e. The molecule has 0 saturated heterocycles. The highest BCUT2D eigenvalue weighted by molar-refractivity contribution is 6.07.